The summed E-state index contributed by atoms with van der Waals surface area (Å²) in [6.45, 7) is 0. The quantitative estimate of drug-likeness (QED) is 0.594. The van der Waals surface area contributed by atoms with Crippen LogP contribution in [0.15, 0.2) is 54.6 Å². The molecule has 1 aliphatic rings. The Hall–Kier alpha value is -1.69. The smallest absolute Gasteiger partial charge is 0.237 e. The van der Waals surface area contributed by atoms with Gasteiger partial charge in [0.1, 0.15) is 0 Å². The van der Waals surface area contributed by atoms with Crippen LogP contribution in [0.3, 0.4) is 0 Å². The molecule has 0 radical (unpaired) electrons. The van der Waals surface area contributed by atoms with Crippen molar-refractivity contribution in [3.63, 3.8) is 0 Å². The molecule has 2 aromatic rings. The normalized spacial score (nSPS) is 18.3. The summed E-state index contributed by atoms with van der Waals surface area (Å²) < 4.78 is 1.08. The summed E-state index contributed by atoms with van der Waals surface area (Å²) in [5.41, 5.74) is 1.76. The second kappa shape index (κ2) is 5.97. The first-order chi connectivity index (χ1) is 10.1. The maximum atomic E-state index is 12.5. The summed E-state index contributed by atoms with van der Waals surface area (Å²) in [7, 11) is 0. The highest BCUT2D eigenvalue weighted by molar-refractivity contribution is 14.1. The Balaban J connectivity index is 1.80. The number of carbonyl (C=O) groups excluding carboxylic acids is 2. The number of amides is 2. The number of halogens is 1. The van der Waals surface area contributed by atoms with Gasteiger partial charge in [0.05, 0.1) is 11.6 Å². The molecule has 1 aliphatic heterocycles. The van der Waals surface area contributed by atoms with Crippen molar-refractivity contribution >= 4 is 40.1 Å². The Bertz CT molecular complexity index is 667. The van der Waals surface area contributed by atoms with Crippen molar-refractivity contribution in [3.05, 3.63) is 63.7 Å². The van der Waals surface area contributed by atoms with Gasteiger partial charge in [-0.05, 0) is 58.8 Å². The van der Waals surface area contributed by atoms with Crippen molar-refractivity contribution in [1.29, 1.82) is 0 Å². The molecule has 0 N–H and O–H groups in total. The van der Waals surface area contributed by atoms with Gasteiger partial charge in [-0.1, -0.05) is 30.3 Å². The molecule has 2 aromatic carbocycles. The van der Waals surface area contributed by atoms with Crippen molar-refractivity contribution in [2.45, 2.75) is 12.8 Å². The molecule has 0 saturated carbocycles. The van der Waals surface area contributed by atoms with Crippen LogP contribution in [0, 0.1) is 9.49 Å². The highest BCUT2D eigenvalue weighted by Gasteiger charge is 2.39. The van der Waals surface area contributed by atoms with Gasteiger partial charge in [-0.25, -0.2) is 0 Å². The molecule has 2 amide bonds. The van der Waals surface area contributed by atoms with Gasteiger partial charge in [0.25, 0.3) is 0 Å². The lowest BCUT2D eigenvalue weighted by Crippen LogP contribution is -2.30. The first-order valence-corrected chi connectivity index (χ1v) is 7.89. The molecule has 1 saturated heterocycles. The summed E-state index contributed by atoms with van der Waals surface area (Å²) in [5.74, 6) is -0.452. The van der Waals surface area contributed by atoms with Gasteiger partial charge < -0.3 is 0 Å². The third-order valence-corrected chi connectivity index (χ3v) is 4.37. The van der Waals surface area contributed by atoms with E-state index in [1.54, 1.807) is 0 Å². The minimum atomic E-state index is -0.251. The van der Waals surface area contributed by atoms with Crippen molar-refractivity contribution in [2.75, 3.05) is 4.90 Å². The van der Waals surface area contributed by atoms with Crippen molar-refractivity contribution in [2.24, 2.45) is 5.92 Å². The molecule has 0 aromatic heterocycles. The van der Waals surface area contributed by atoms with E-state index in [-0.39, 0.29) is 17.7 Å². The summed E-state index contributed by atoms with van der Waals surface area (Å²) >= 11 is 2.20. The summed E-state index contributed by atoms with van der Waals surface area (Å²) in [4.78, 5) is 26.0. The molecular formula is C17H14INO2. The molecule has 3 rings (SSSR count). The van der Waals surface area contributed by atoms with Gasteiger partial charge in [0.2, 0.25) is 11.8 Å². The van der Waals surface area contributed by atoms with Gasteiger partial charge in [-0.15, -0.1) is 0 Å². The van der Waals surface area contributed by atoms with Crippen molar-refractivity contribution in [1.82, 2.24) is 0 Å². The minimum absolute atomic E-state index is 0.0925. The molecule has 1 atom stereocenters. The van der Waals surface area contributed by atoms with Crippen LogP contribution in [0.4, 0.5) is 5.69 Å². The van der Waals surface area contributed by atoms with E-state index >= 15 is 0 Å². The zero-order valence-corrected chi connectivity index (χ0v) is 13.5. The van der Waals surface area contributed by atoms with Crippen LogP contribution < -0.4 is 4.90 Å². The van der Waals surface area contributed by atoms with Crippen LogP contribution in [0.1, 0.15) is 12.0 Å². The summed E-state index contributed by atoms with van der Waals surface area (Å²) in [6, 6.07) is 17.3. The van der Waals surface area contributed by atoms with Crippen molar-refractivity contribution < 1.29 is 9.59 Å². The molecule has 3 nitrogen and oxygen atoms in total. The number of anilines is 1. The lowest BCUT2D eigenvalue weighted by atomic mass is 9.98. The maximum Gasteiger partial charge on any atom is 0.237 e. The second-order valence-corrected chi connectivity index (χ2v) is 6.38. The Morgan fingerprint density at radius 1 is 1.00 bits per heavy atom. The SMILES string of the molecule is O=C1C[C@@H](Cc2ccccc2)C(=O)N1c1ccc(I)cc1. The molecule has 0 unspecified atom stereocenters. The van der Waals surface area contributed by atoms with E-state index in [0.717, 1.165) is 9.13 Å². The van der Waals surface area contributed by atoms with Gasteiger partial charge in [0.15, 0.2) is 0 Å². The Morgan fingerprint density at radius 2 is 1.67 bits per heavy atom. The fourth-order valence-corrected chi connectivity index (χ4v) is 2.97. The summed E-state index contributed by atoms with van der Waals surface area (Å²) in [5, 5.41) is 0. The van der Waals surface area contributed by atoms with E-state index in [2.05, 4.69) is 22.6 Å². The molecule has 4 heteroatoms. The highest BCUT2D eigenvalue weighted by Crippen LogP contribution is 2.29. The Kier molecular flexibility index (Phi) is 4.05. The van der Waals surface area contributed by atoms with Crippen LogP contribution in [0.5, 0.6) is 0 Å². The molecule has 0 spiro atoms. The first-order valence-electron chi connectivity index (χ1n) is 6.81. The topological polar surface area (TPSA) is 37.4 Å². The van der Waals surface area contributed by atoms with E-state index in [4.69, 9.17) is 0 Å². The van der Waals surface area contributed by atoms with Crippen LogP contribution in [0.2, 0.25) is 0 Å². The summed E-state index contributed by atoms with van der Waals surface area (Å²) in [6.07, 6.45) is 0.909. The van der Waals surface area contributed by atoms with Gasteiger partial charge in [-0.2, -0.15) is 0 Å². The average molecular weight is 391 g/mol. The fraction of sp³-hybridized carbons (Fsp3) is 0.176. The largest absolute Gasteiger partial charge is 0.274 e. The molecule has 1 heterocycles. The third kappa shape index (κ3) is 3.00. The Labute approximate surface area is 137 Å². The monoisotopic (exact) mass is 391 g/mol. The van der Waals surface area contributed by atoms with E-state index in [9.17, 15) is 9.59 Å². The zero-order valence-electron chi connectivity index (χ0n) is 11.3. The first kappa shape index (κ1) is 14.3. The number of benzene rings is 2. The number of rotatable bonds is 3. The minimum Gasteiger partial charge on any atom is -0.274 e. The molecule has 21 heavy (non-hydrogen) atoms. The average Bonchev–Trinajstić information content (AvgIpc) is 2.76. The number of imide groups is 1. The van der Waals surface area contributed by atoms with E-state index in [1.807, 2.05) is 54.6 Å². The third-order valence-electron chi connectivity index (χ3n) is 3.65. The van der Waals surface area contributed by atoms with Gasteiger partial charge >= 0.3 is 0 Å². The van der Waals surface area contributed by atoms with Crippen LogP contribution >= 0.6 is 22.6 Å². The standard InChI is InChI=1S/C17H14INO2/c18-14-6-8-15(9-7-14)19-16(20)11-13(17(19)21)10-12-4-2-1-3-5-12/h1-9,13H,10-11H2/t13-/m1/s1. The lowest BCUT2D eigenvalue weighted by molar-refractivity contribution is -0.122. The molecule has 106 valence electrons. The highest BCUT2D eigenvalue weighted by atomic mass is 127. The van der Waals surface area contributed by atoms with Crippen LogP contribution in [-0.2, 0) is 16.0 Å². The van der Waals surface area contributed by atoms with Crippen LogP contribution in [0.25, 0.3) is 0 Å². The number of carbonyl (C=O) groups is 2. The second-order valence-electron chi connectivity index (χ2n) is 5.13. The molecular weight excluding hydrogens is 377 g/mol. The lowest BCUT2D eigenvalue weighted by Gasteiger charge is -2.15. The number of hydrogen-bond acceptors (Lipinski definition) is 2. The Morgan fingerprint density at radius 3 is 2.33 bits per heavy atom. The van der Waals surface area contributed by atoms with E-state index < -0.39 is 0 Å². The predicted molar refractivity (Wildman–Crippen MR) is 89.9 cm³/mol. The maximum absolute atomic E-state index is 12.5. The predicted octanol–water partition coefficient (Wildman–Crippen LogP) is 3.41. The van der Waals surface area contributed by atoms with Crippen LogP contribution in [-0.4, -0.2) is 11.8 Å². The molecule has 1 fully saturated rings. The zero-order chi connectivity index (χ0) is 14.8. The molecule has 0 aliphatic carbocycles. The van der Waals surface area contributed by atoms with E-state index in [1.165, 1.54) is 4.90 Å². The van der Waals surface area contributed by atoms with Gasteiger partial charge in [0, 0.05) is 9.99 Å². The van der Waals surface area contributed by atoms with E-state index in [0.29, 0.717) is 18.5 Å². The fourth-order valence-electron chi connectivity index (χ4n) is 2.61. The number of nitrogens with zero attached hydrogens (tertiary/aromatic N) is 1. The van der Waals surface area contributed by atoms with Crippen molar-refractivity contribution in [3.8, 4) is 0 Å². The van der Waals surface area contributed by atoms with Gasteiger partial charge in [-0.3, -0.25) is 14.5 Å². The molecule has 0 bridgehead atoms. The number of hydrogen-bond donors (Lipinski definition) is 0.